The van der Waals surface area contributed by atoms with Gasteiger partial charge < -0.3 is 16.4 Å². The van der Waals surface area contributed by atoms with Crippen LogP contribution < -0.4 is 16.4 Å². The van der Waals surface area contributed by atoms with Gasteiger partial charge in [0.15, 0.2) is 5.96 Å². The minimum atomic E-state index is -0.426. The van der Waals surface area contributed by atoms with Gasteiger partial charge in [-0.2, -0.15) is 0 Å². The number of benzene rings is 2. The lowest BCUT2D eigenvalue weighted by molar-refractivity contribution is -0.121. The standard InChI is InChI=1S/C20H24ClFN4O.HI/c1-24-20(25-11-10-14-2-6-17(21)7-3-14)26-13-16(19(23)27)12-15-4-8-18(22)9-5-15;/h2-9,16H,10-13H2,1H3,(H2,23,27)(H2,24,25,26);1H. The number of nitrogens with one attached hydrogen (secondary N) is 2. The third-order valence-corrected chi connectivity index (χ3v) is 4.41. The Bertz CT molecular complexity index is 769. The highest BCUT2D eigenvalue weighted by atomic mass is 127. The summed E-state index contributed by atoms with van der Waals surface area (Å²) >= 11 is 5.88. The third kappa shape index (κ3) is 8.43. The van der Waals surface area contributed by atoms with Crippen molar-refractivity contribution in [2.24, 2.45) is 16.6 Å². The molecule has 0 saturated carbocycles. The summed E-state index contributed by atoms with van der Waals surface area (Å²) in [5, 5.41) is 7.03. The molecule has 152 valence electrons. The van der Waals surface area contributed by atoms with Gasteiger partial charge in [-0.3, -0.25) is 9.79 Å². The number of aliphatic imine (C=N–C) groups is 1. The first-order chi connectivity index (χ1) is 13.0. The minimum absolute atomic E-state index is 0. The fraction of sp³-hybridized carbons (Fsp3) is 0.300. The van der Waals surface area contributed by atoms with Gasteiger partial charge in [-0.25, -0.2) is 4.39 Å². The zero-order chi connectivity index (χ0) is 19.6. The summed E-state index contributed by atoms with van der Waals surface area (Å²) in [7, 11) is 1.66. The zero-order valence-corrected chi connectivity index (χ0v) is 18.7. The average Bonchev–Trinajstić information content (AvgIpc) is 2.66. The summed E-state index contributed by atoms with van der Waals surface area (Å²) in [5.41, 5.74) is 7.52. The smallest absolute Gasteiger partial charge is 0.222 e. The molecule has 28 heavy (non-hydrogen) atoms. The molecular weight excluding hydrogens is 494 g/mol. The molecule has 0 aliphatic rings. The molecule has 2 rings (SSSR count). The van der Waals surface area contributed by atoms with Crippen LogP contribution >= 0.6 is 35.6 Å². The van der Waals surface area contributed by atoms with Crippen molar-refractivity contribution < 1.29 is 9.18 Å². The number of carbonyl (C=O) groups excluding carboxylic acids is 1. The van der Waals surface area contributed by atoms with Crippen molar-refractivity contribution in [3.8, 4) is 0 Å². The molecule has 0 radical (unpaired) electrons. The number of guanidine groups is 1. The van der Waals surface area contributed by atoms with E-state index in [1.165, 1.54) is 12.1 Å². The lowest BCUT2D eigenvalue weighted by Gasteiger charge is -2.17. The second-order valence-electron chi connectivity index (χ2n) is 6.19. The van der Waals surface area contributed by atoms with Gasteiger partial charge in [-0.05, 0) is 48.2 Å². The molecule has 2 aromatic rings. The highest BCUT2D eigenvalue weighted by Gasteiger charge is 2.16. The maximum atomic E-state index is 13.0. The first kappa shape index (κ1) is 24.2. The fourth-order valence-corrected chi connectivity index (χ4v) is 2.72. The number of rotatable bonds is 8. The van der Waals surface area contributed by atoms with Gasteiger partial charge in [0.05, 0.1) is 5.92 Å². The van der Waals surface area contributed by atoms with Crippen LogP contribution in [0.25, 0.3) is 0 Å². The molecule has 0 bridgehead atoms. The van der Waals surface area contributed by atoms with Crippen LogP contribution in [-0.4, -0.2) is 32.0 Å². The van der Waals surface area contributed by atoms with Crippen molar-refractivity contribution >= 4 is 47.4 Å². The SMILES string of the molecule is CN=C(NCCc1ccc(Cl)cc1)NCC(Cc1ccc(F)cc1)C(N)=O.I. The molecule has 0 saturated heterocycles. The van der Waals surface area contributed by atoms with Crippen LogP contribution in [0.2, 0.25) is 5.02 Å². The molecule has 0 fully saturated rings. The summed E-state index contributed by atoms with van der Waals surface area (Å²) in [5.74, 6) is -0.555. The van der Waals surface area contributed by atoms with Crippen molar-refractivity contribution in [3.63, 3.8) is 0 Å². The summed E-state index contributed by atoms with van der Waals surface area (Å²) in [6.07, 6.45) is 1.25. The van der Waals surface area contributed by atoms with Crippen LogP contribution in [0.15, 0.2) is 53.5 Å². The van der Waals surface area contributed by atoms with E-state index in [1.807, 2.05) is 24.3 Å². The molecule has 1 amide bonds. The zero-order valence-electron chi connectivity index (χ0n) is 15.6. The average molecular weight is 519 g/mol. The number of amides is 1. The van der Waals surface area contributed by atoms with E-state index in [4.69, 9.17) is 17.3 Å². The molecular formula is C20H25ClFIN4O. The van der Waals surface area contributed by atoms with Gasteiger partial charge >= 0.3 is 0 Å². The maximum absolute atomic E-state index is 13.0. The van der Waals surface area contributed by atoms with Gasteiger partial charge in [0.25, 0.3) is 0 Å². The Morgan fingerprint density at radius 2 is 1.71 bits per heavy atom. The number of primary amides is 1. The molecule has 2 aromatic carbocycles. The summed E-state index contributed by atoms with van der Waals surface area (Å²) < 4.78 is 13.0. The Morgan fingerprint density at radius 3 is 2.29 bits per heavy atom. The fourth-order valence-electron chi connectivity index (χ4n) is 2.60. The van der Waals surface area contributed by atoms with Crippen LogP contribution in [0, 0.1) is 11.7 Å². The summed E-state index contributed by atoms with van der Waals surface area (Å²) in [6, 6.07) is 13.7. The van der Waals surface area contributed by atoms with Crippen LogP contribution in [-0.2, 0) is 17.6 Å². The van der Waals surface area contributed by atoms with Crippen LogP contribution in [0.5, 0.6) is 0 Å². The van der Waals surface area contributed by atoms with Gasteiger partial charge in [0, 0.05) is 25.2 Å². The molecule has 0 heterocycles. The quantitative estimate of drug-likeness (QED) is 0.285. The summed E-state index contributed by atoms with van der Waals surface area (Å²) in [6.45, 7) is 1.02. The molecule has 0 aliphatic carbocycles. The van der Waals surface area contributed by atoms with Gasteiger partial charge in [-0.15, -0.1) is 24.0 Å². The van der Waals surface area contributed by atoms with Crippen molar-refractivity contribution in [2.45, 2.75) is 12.8 Å². The van der Waals surface area contributed by atoms with E-state index in [1.54, 1.807) is 19.2 Å². The number of hydrogen-bond acceptors (Lipinski definition) is 2. The van der Waals surface area contributed by atoms with Crippen LogP contribution in [0.3, 0.4) is 0 Å². The van der Waals surface area contributed by atoms with Crippen molar-refractivity contribution in [3.05, 3.63) is 70.5 Å². The Kier molecular flexibility index (Phi) is 10.8. The number of nitrogens with zero attached hydrogens (tertiary/aromatic N) is 1. The highest BCUT2D eigenvalue weighted by molar-refractivity contribution is 14.0. The second kappa shape index (κ2) is 12.6. The third-order valence-electron chi connectivity index (χ3n) is 4.16. The second-order valence-corrected chi connectivity index (χ2v) is 6.62. The Hall–Kier alpha value is -1.87. The molecule has 5 nitrogen and oxygen atoms in total. The minimum Gasteiger partial charge on any atom is -0.369 e. The highest BCUT2D eigenvalue weighted by Crippen LogP contribution is 2.10. The number of carbonyl (C=O) groups is 1. The van der Waals surface area contributed by atoms with Crippen molar-refractivity contribution in [1.29, 1.82) is 0 Å². The van der Waals surface area contributed by atoms with Gasteiger partial charge in [0.1, 0.15) is 5.82 Å². The number of hydrogen-bond donors (Lipinski definition) is 3. The lowest BCUT2D eigenvalue weighted by Crippen LogP contribution is -2.43. The first-order valence-electron chi connectivity index (χ1n) is 8.70. The van der Waals surface area contributed by atoms with Crippen molar-refractivity contribution in [1.82, 2.24) is 10.6 Å². The maximum Gasteiger partial charge on any atom is 0.222 e. The van der Waals surface area contributed by atoms with E-state index in [0.717, 1.165) is 17.5 Å². The monoisotopic (exact) mass is 518 g/mol. The number of nitrogens with two attached hydrogens (primary N) is 1. The van der Waals surface area contributed by atoms with E-state index in [9.17, 15) is 9.18 Å². The largest absolute Gasteiger partial charge is 0.369 e. The lowest BCUT2D eigenvalue weighted by atomic mass is 9.98. The van der Waals surface area contributed by atoms with E-state index in [-0.39, 0.29) is 29.8 Å². The molecule has 8 heteroatoms. The van der Waals surface area contributed by atoms with Crippen LogP contribution in [0.1, 0.15) is 11.1 Å². The Morgan fingerprint density at radius 1 is 1.11 bits per heavy atom. The predicted molar refractivity (Wildman–Crippen MR) is 123 cm³/mol. The van der Waals surface area contributed by atoms with E-state index in [2.05, 4.69) is 15.6 Å². The Balaban J connectivity index is 0.00000392. The number of halogens is 3. The van der Waals surface area contributed by atoms with Crippen LogP contribution in [0.4, 0.5) is 4.39 Å². The summed E-state index contributed by atoms with van der Waals surface area (Å²) in [4.78, 5) is 15.9. The van der Waals surface area contributed by atoms with E-state index in [0.29, 0.717) is 30.5 Å². The Labute approximate surface area is 187 Å². The van der Waals surface area contributed by atoms with Gasteiger partial charge in [0.2, 0.25) is 5.91 Å². The molecule has 0 aliphatic heterocycles. The molecule has 0 aromatic heterocycles. The van der Waals surface area contributed by atoms with E-state index < -0.39 is 11.8 Å². The molecule has 1 atom stereocenters. The van der Waals surface area contributed by atoms with Crippen molar-refractivity contribution in [2.75, 3.05) is 20.1 Å². The van der Waals surface area contributed by atoms with Gasteiger partial charge in [-0.1, -0.05) is 35.9 Å². The predicted octanol–water partition coefficient (Wildman–Crippen LogP) is 3.15. The normalized spacial score (nSPS) is 12.0. The first-order valence-corrected chi connectivity index (χ1v) is 9.08. The molecule has 4 N–H and O–H groups in total. The molecule has 1 unspecified atom stereocenters. The van der Waals surface area contributed by atoms with E-state index >= 15 is 0 Å². The topological polar surface area (TPSA) is 79.5 Å². The molecule has 0 spiro atoms.